The molecule has 0 aliphatic heterocycles. The first-order valence-electron chi connectivity index (χ1n) is 6.89. The Morgan fingerprint density at radius 3 is 2.87 bits per heavy atom. The molecule has 0 unspecified atom stereocenters. The van der Waals surface area contributed by atoms with E-state index in [9.17, 15) is 9.18 Å². The Hall–Kier alpha value is -3.22. The molecule has 114 valence electrons. The number of H-pyrrole nitrogens is 1. The van der Waals surface area contributed by atoms with Crippen molar-refractivity contribution in [3.8, 4) is 17.1 Å². The van der Waals surface area contributed by atoms with Crippen molar-refractivity contribution in [2.45, 2.75) is 0 Å². The van der Waals surface area contributed by atoms with E-state index in [0.29, 0.717) is 22.7 Å². The molecule has 0 fully saturated rings. The van der Waals surface area contributed by atoms with Crippen LogP contribution in [0, 0.1) is 5.82 Å². The van der Waals surface area contributed by atoms with Gasteiger partial charge in [-0.1, -0.05) is 18.2 Å². The molecule has 0 aliphatic carbocycles. The van der Waals surface area contributed by atoms with Gasteiger partial charge in [-0.25, -0.2) is 14.2 Å². The van der Waals surface area contributed by atoms with Crippen LogP contribution < -0.4 is 10.4 Å². The minimum Gasteiger partial charge on any atom is -0.497 e. The van der Waals surface area contributed by atoms with E-state index in [1.54, 1.807) is 37.4 Å². The lowest BCUT2D eigenvalue weighted by molar-refractivity contribution is 0.415. The molecule has 0 atom stereocenters. The molecule has 0 saturated carbocycles. The highest BCUT2D eigenvalue weighted by molar-refractivity contribution is 5.91. The third-order valence-electron chi connectivity index (χ3n) is 3.61. The summed E-state index contributed by atoms with van der Waals surface area (Å²) in [6.07, 6.45) is 0. The van der Waals surface area contributed by atoms with Crippen molar-refractivity contribution >= 4 is 16.6 Å². The van der Waals surface area contributed by atoms with Gasteiger partial charge in [0.1, 0.15) is 11.6 Å². The molecule has 7 heteroatoms. The molecular formula is C16H11FN4O2. The van der Waals surface area contributed by atoms with Crippen LogP contribution in [0.3, 0.4) is 0 Å². The summed E-state index contributed by atoms with van der Waals surface area (Å²) >= 11 is 0. The Morgan fingerprint density at radius 1 is 1.22 bits per heavy atom. The van der Waals surface area contributed by atoms with E-state index in [2.05, 4.69) is 15.1 Å². The van der Waals surface area contributed by atoms with E-state index in [1.807, 2.05) is 0 Å². The van der Waals surface area contributed by atoms with E-state index in [4.69, 9.17) is 4.74 Å². The summed E-state index contributed by atoms with van der Waals surface area (Å²) in [5.74, 6) is 0.504. The number of aromatic amines is 1. The highest BCUT2D eigenvalue weighted by Gasteiger charge is 2.15. The number of aromatic nitrogens is 4. The van der Waals surface area contributed by atoms with Crippen molar-refractivity contribution < 1.29 is 9.13 Å². The molecule has 0 spiro atoms. The van der Waals surface area contributed by atoms with Crippen molar-refractivity contribution in [3.63, 3.8) is 0 Å². The normalized spacial score (nSPS) is 11.2. The second kappa shape index (κ2) is 4.91. The van der Waals surface area contributed by atoms with Crippen LogP contribution in [0.15, 0.2) is 47.3 Å². The predicted octanol–water partition coefficient (Wildman–Crippen LogP) is 2.39. The standard InChI is InChI=1S/C16H11FN4O2/c1-23-10-5-2-4-9(8-10)14-19-15-13-11(17)6-3-7-12(13)18-16(22)21(15)20-14/h2-8H,1H3,(H,18,22). The molecule has 0 saturated heterocycles. The van der Waals surface area contributed by atoms with Gasteiger partial charge in [0.05, 0.1) is 18.0 Å². The topological polar surface area (TPSA) is 72.3 Å². The van der Waals surface area contributed by atoms with E-state index in [0.717, 1.165) is 4.52 Å². The summed E-state index contributed by atoms with van der Waals surface area (Å²) in [4.78, 5) is 19.1. The first-order chi connectivity index (χ1) is 11.2. The van der Waals surface area contributed by atoms with Crippen molar-refractivity contribution in [1.82, 2.24) is 19.6 Å². The minimum absolute atomic E-state index is 0.180. The van der Waals surface area contributed by atoms with Crippen molar-refractivity contribution in [1.29, 1.82) is 0 Å². The SMILES string of the molecule is COc1cccc(-c2nc3c4c(F)cccc4[nH]c(=O)n3n2)c1. The molecule has 0 amide bonds. The molecule has 0 radical (unpaired) electrons. The van der Waals surface area contributed by atoms with E-state index < -0.39 is 11.5 Å². The van der Waals surface area contributed by atoms with Gasteiger partial charge in [0.25, 0.3) is 0 Å². The van der Waals surface area contributed by atoms with Crippen LogP contribution in [-0.2, 0) is 0 Å². The van der Waals surface area contributed by atoms with Gasteiger partial charge >= 0.3 is 5.69 Å². The lowest BCUT2D eigenvalue weighted by atomic mass is 10.2. The van der Waals surface area contributed by atoms with E-state index in [-0.39, 0.29) is 11.0 Å². The Morgan fingerprint density at radius 2 is 2.04 bits per heavy atom. The van der Waals surface area contributed by atoms with Crippen LogP contribution in [0.1, 0.15) is 0 Å². The third-order valence-corrected chi connectivity index (χ3v) is 3.61. The first-order valence-corrected chi connectivity index (χ1v) is 6.89. The number of hydrogen-bond donors (Lipinski definition) is 1. The van der Waals surface area contributed by atoms with Gasteiger partial charge in [0, 0.05) is 5.56 Å². The van der Waals surface area contributed by atoms with Gasteiger partial charge < -0.3 is 9.72 Å². The maximum Gasteiger partial charge on any atom is 0.348 e. The molecular weight excluding hydrogens is 299 g/mol. The van der Waals surface area contributed by atoms with Gasteiger partial charge in [-0.2, -0.15) is 4.52 Å². The zero-order chi connectivity index (χ0) is 16.0. The molecule has 2 heterocycles. The van der Waals surface area contributed by atoms with Crippen LogP contribution in [0.2, 0.25) is 0 Å². The number of rotatable bonds is 2. The Labute approximate surface area is 129 Å². The first kappa shape index (κ1) is 13.4. The predicted molar refractivity (Wildman–Crippen MR) is 83.1 cm³/mol. The number of nitrogens with one attached hydrogen (secondary N) is 1. The van der Waals surface area contributed by atoms with Gasteiger partial charge in [-0.15, -0.1) is 5.10 Å². The summed E-state index contributed by atoms with van der Waals surface area (Å²) in [5, 5.41) is 4.42. The minimum atomic E-state index is -0.472. The highest BCUT2D eigenvalue weighted by atomic mass is 19.1. The molecule has 2 aromatic heterocycles. The lowest BCUT2D eigenvalue weighted by Crippen LogP contribution is -2.17. The van der Waals surface area contributed by atoms with Crippen molar-refractivity contribution in [2.75, 3.05) is 7.11 Å². The van der Waals surface area contributed by atoms with Crippen LogP contribution in [0.4, 0.5) is 4.39 Å². The fourth-order valence-electron chi connectivity index (χ4n) is 2.52. The largest absolute Gasteiger partial charge is 0.497 e. The molecule has 6 nitrogen and oxygen atoms in total. The van der Waals surface area contributed by atoms with Crippen LogP contribution in [-0.4, -0.2) is 26.7 Å². The zero-order valence-electron chi connectivity index (χ0n) is 12.1. The Bertz CT molecular complexity index is 1100. The van der Waals surface area contributed by atoms with E-state index in [1.165, 1.54) is 12.1 Å². The molecule has 0 aliphatic rings. The average molecular weight is 310 g/mol. The molecule has 2 aromatic carbocycles. The summed E-state index contributed by atoms with van der Waals surface area (Å²) < 4.78 is 20.4. The number of methoxy groups -OCH3 is 1. The number of fused-ring (bicyclic) bond motifs is 3. The number of hydrogen-bond acceptors (Lipinski definition) is 4. The van der Waals surface area contributed by atoms with Crippen LogP contribution in [0.5, 0.6) is 5.75 Å². The number of nitrogens with zero attached hydrogens (tertiary/aromatic N) is 3. The average Bonchev–Trinajstić information content (AvgIpc) is 3.01. The second-order valence-electron chi connectivity index (χ2n) is 5.00. The number of halogens is 1. The van der Waals surface area contributed by atoms with Gasteiger partial charge in [0.15, 0.2) is 11.5 Å². The molecule has 23 heavy (non-hydrogen) atoms. The summed E-state index contributed by atoms with van der Waals surface area (Å²) in [6, 6.07) is 11.6. The summed E-state index contributed by atoms with van der Waals surface area (Å²) in [5.41, 5.74) is 0.767. The van der Waals surface area contributed by atoms with Crippen LogP contribution in [0.25, 0.3) is 27.9 Å². The fraction of sp³-hybridized carbons (Fsp3) is 0.0625. The Kier molecular flexibility index (Phi) is 2.87. The van der Waals surface area contributed by atoms with Gasteiger partial charge in [0.2, 0.25) is 0 Å². The molecule has 4 rings (SSSR count). The van der Waals surface area contributed by atoms with Gasteiger partial charge in [-0.3, -0.25) is 0 Å². The van der Waals surface area contributed by atoms with Gasteiger partial charge in [-0.05, 0) is 24.3 Å². The Balaban J connectivity index is 2.06. The monoisotopic (exact) mass is 310 g/mol. The summed E-state index contributed by atoms with van der Waals surface area (Å²) in [7, 11) is 1.56. The smallest absolute Gasteiger partial charge is 0.348 e. The maximum absolute atomic E-state index is 14.2. The van der Waals surface area contributed by atoms with Crippen molar-refractivity contribution in [3.05, 3.63) is 58.8 Å². The zero-order valence-corrected chi connectivity index (χ0v) is 12.1. The molecule has 4 aromatic rings. The fourth-order valence-corrected chi connectivity index (χ4v) is 2.52. The second-order valence-corrected chi connectivity index (χ2v) is 5.00. The van der Waals surface area contributed by atoms with Crippen molar-refractivity contribution in [2.24, 2.45) is 0 Å². The number of benzene rings is 2. The van der Waals surface area contributed by atoms with Crippen LogP contribution >= 0.6 is 0 Å². The lowest BCUT2D eigenvalue weighted by Gasteiger charge is -2.00. The third kappa shape index (κ3) is 2.05. The highest BCUT2D eigenvalue weighted by Crippen LogP contribution is 2.24. The van der Waals surface area contributed by atoms with E-state index >= 15 is 0 Å². The molecule has 1 N–H and O–H groups in total. The quantitative estimate of drug-likeness (QED) is 0.617. The number of ether oxygens (including phenoxy) is 1. The maximum atomic E-state index is 14.2. The summed E-state index contributed by atoms with van der Waals surface area (Å²) in [6.45, 7) is 0. The molecule has 0 bridgehead atoms.